The summed E-state index contributed by atoms with van der Waals surface area (Å²) in [6.07, 6.45) is 1.64. The Bertz CT molecular complexity index is 603. The molecular weight excluding hydrogens is 214 g/mol. The summed E-state index contributed by atoms with van der Waals surface area (Å²) in [6.45, 7) is 4.14. The molecule has 5 heteroatoms. The molecular formula is C12H15N5. The third-order valence-electron chi connectivity index (χ3n) is 2.75. The van der Waals surface area contributed by atoms with Crippen molar-refractivity contribution in [2.75, 3.05) is 0 Å². The Labute approximate surface area is 99.2 Å². The fraction of sp³-hybridized carbons (Fsp3) is 0.167. The summed E-state index contributed by atoms with van der Waals surface area (Å²) in [5.74, 6) is -0.0488. The lowest BCUT2D eigenvalue weighted by Crippen LogP contribution is -2.21. The first kappa shape index (κ1) is 11.2. The number of nitrogens with zero attached hydrogens (tertiary/aromatic N) is 2. The lowest BCUT2D eigenvalue weighted by Gasteiger charge is -1.95. The van der Waals surface area contributed by atoms with Crippen LogP contribution in [-0.4, -0.2) is 17.2 Å². The second-order valence-electron chi connectivity index (χ2n) is 3.91. The van der Waals surface area contributed by atoms with Crippen molar-refractivity contribution in [3.05, 3.63) is 35.0 Å². The van der Waals surface area contributed by atoms with E-state index in [1.54, 1.807) is 6.21 Å². The van der Waals surface area contributed by atoms with Gasteiger partial charge in [0.15, 0.2) is 0 Å². The standard InChI is InChI=1S/C12H15N5/c1-7-8(2)16-11-9(4-3-5-10(7)11)6-15-17-12(13)14/h3-6,16H,1-2H3,(H4,13,14,17). The molecule has 1 aromatic carbocycles. The van der Waals surface area contributed by atoms with Gasteiger partial charge in [-0.05, 0) is 19.4 Å². The van der Waals surface area contributed by atoms with Crippen molar-refractivity contribution in [3.8, 4) is 0 Å². The number of para-hydroxylation sites is 1. The minimum Gasteiger partial charge on any atom is -0.369 e. The van der Waals surface area contributed by atoms with Crippen molar-refractivity contribution in [1.29, 1.82) is 0 Å². The molecule has 0 atom stereocenters. The highest BCUT2D eigenvalue weighted by Crippen LogP contribution is 2.23. The molecule has 5 N–H and O–H groups in total. The number of rotatable bonds is 2. The summed E-state index contributed by atoms with van der Waals surface area (Å²) in [5, 5.41) is 8.60. The van der Waals surface area contributed by atoms with Crippen LogP contribution in [0, 0.1) is 13.8 Å². The molecule has 2 rings (SSSR count). The van der Waals surface area contributed by atoms with Gasteiger partial charge in [-0.15, -0.1) is 5.10 Å². The van der Waals surface area contributed by atoms with Crippen LogP contribution in [0.2, 0.25) is 0 Å². The van der Waals surface area contributed by atoms with Gasteiger partial charge in [0.25, 0.3) is 0 Å². The third kappa shape index (κ3) is 2.13. The molecule has 0 radical (unpaired) electrons. The molecule has 1 aromatic heterocycles. The van der Waals surface area contributed by atoms with Gasteiger partial charge in [0.05, 0.1) is 11.7 Å². The largest absolute Gasteiger partial charge is 0.369 e. The molecule has 0 aliphatic heterocycles. The molecule has 17 heavy (non-hydrogen) atoms. The van der Waals surface area contributed by atoms with E-state index in [4.69, 9.17) is 11.5 Å². The van der Waals surface area contributed by atoms with Gasteiger partial charge in [-0.2, -0.15) is 5.10 Å². The van der Waals surface area contributed by atoms with Crippen LogP contribution in [0.1, 0.15) is 16.8 Å². The summed E-state index contributed by atoms with van der Waals surface area (Å²) in [5.41, 5.74) is 14.8. The van der Waals surface area contributed by atoms with E-state index in [-0.39, 0.29) is 5.96 Å². The number of benzene rings is 1. The lowest BCUT2D eigenvalue weighted by atomic mass is 10.1. The molecule has 88 valence electrons. The Hall–Kier alpha value is -2.30. The normalized spacial score (nSPS) is 11.2. The Balaban J connectivity index is 2.52. The number of guanidine groups is 1. The summed E-state index contributed by atoms with van der Waals surface area (Å²) in [6, 6.07) is 6.02. The second kappa shape index (κ2) is 4.29. The Morgan fingerprint density at radius 3 is 2.76 bits per heavy atom. The van der Waals surface area contributed by atoms with Crippen LogP contribution in [-0.2, 0) is 0 Å². The average molecular weight is 229 g/mol. The van der Waals surface area contributed by atoms with Crippen LogP contribution in [0.3, 0.4) is 0 Å². The smallest absolute Gasteiger partial charge is 0.211 e. The quantitative estimate of drug-likeness (QED) is 0.412. The van der Waals surface area contributed by atoms with Gasteiger partial charge in [0.2, 0.25) is 5.96 Å². The van der Waals surface area contributed by atoms with E-state index in [1.165, 1.54) is 10.9 Å². The van der Waals surface area contributed by atoms with Gasteiger partial charge >= 0.3 is 0 Å². The third-order valence-corrected chi connectivity index (χ3v) is 2.75. The van der Waals surface area contributed by atoms with E-state index in [0.29, 0.717) is 0 Å². The fourth-order valence-electron chi connectivity index (χ4n) is 1.77. The van der Waals surface area contributed by atoms with Crippen molar-refractivity contribution in [2.45, 2.75) is 13.8 Å². The highest BCUT2D eigenvalue weighted by Gasteiger charge is 2.06. The SMILES string of the molecule is Cc1[nH]c2c(C=NN=C(N)N)cccc2c1C. The van der Waals surface area contributed by atoms with Crippen LogP contribution >= 0.6 is 0 Å². The van der Waals surface area contributed by atoms with Gasteiger partial charge in [0, 0.05) is 16.6 Å². The monoisotopic (exact) mass is 229 g/mol. The van der Waals surface area contributed by atoms with Crippen LogP contribution in [0.4, 0.5) is 0 Å². The van der Waals surface area contributed by atoms with Crippen molar-refractivity contribution < 1.29 is 0 Å². The molecule has 1 heterocycles. The maximum atomic E-state index is 5.20. The zero-order valence-electron chi connectivity index (χ0n) is 9.86. The zero-order chi connectivity index (χ0) is 12.4. The van der Waals surface area contributed by atoms with Gasteiger partial charge in [-0.3, -0.25) is 0 Å². The molecule has 2 aromatic rings. The van der Waals surface area contributed by atoms with E-state index in [2.05, 4.69) is 28.2 Å². The Morgan fingerprint density at radius 1 is 1.29 bits per heavy atom. The minimum absolute atomic E-state index is 0.0488. The number of H-pyrrole nitrogens is 1. The zero-order valence-corrected chi connectivity index (χ0v) is 9.86. The molecule has 0 amide bonds. The lowest BCUT2D eigenvalue weighted by molar-refractivity contribution is 1.21. The van der Waals surface area contributed by atoms with Crippen molar-refractivity contribution >= 4 is 23.1 Å². The topological polar surface area (TPSA) is 92.5 Å². The first-order valence-corrected chi connectivity index (χ1v) is 5.29. The van der Waals surface area contributed by atoms with Crippen LogP contribution < -0.4 is 11.5 Å². The van der Waals surface area contributed by atoms with Crippen LogP contribution in [0.15, 0.2) is 28.4 Å². The molecule has 0 fully saturated rings. The number of aromatic nitrogens is 1. The molecule has 0 unspecified atom stereocenters. The maximum Gasteiger partial charge on any atom is 0.211 e. The van der Waals surface area contributed by atoms with Gasteiger partial charge in [0.1, 0.15) is 0 Å². The van der Waals surface area contributed by atoms with Gasteiger partial charge < -0.3 is 16.5 Å². The summed E-state index contributed by atoms with van der Waals surface area (Å²) in [4.78, 5) is 3.33. The molecule has 0 saturated carbocycles. The minimum atomic E-state index is -0.0488. The fourth-order valence-corrected chi connectivity index (χ4v) is 1.77. The predicted octanol–water partition coefficient (Wildman–Crippen LogP) is 1.39. The molecule has 0 spiro atoms. The van der Waals surface area contributed by atoms with Crippen LogP contribution in [0.5, 0.6) is 0 Å². The first-order chi connectivity index (χ1) is 8.09. The average Bonchev–Trinajstić information content (AvgIpc) is 2.56. The summed E-state index contributed by atoms with van der Waals surface area (Å²) in [7, 11) is 0. The molecule has 0 aliphatic carbocycles. The summed E-state index contributed by atoms with van der Waals surface area (Å²) < 4.78 is 0. The van der Waals surface area contributed by atoms with E-state index < -0.39 is 0 Å². The number of nitrogens with one attached hydrogen (secondary N) is 1. The van der Waals surface area contributed by atoms with E-state index in [1.807, 2.05) is 19.1 Å². The molecule has 5 nitrogen and oxygen atoms in total. The molecule has 0 aliphatic rings. The van der Waals surface area contributed by atoms with E-state index in [9.17, 15) is 0 Å². The maximum absolute atomic E-state index is 5.20. The molecule has 0 saturated heterocycles. The number of hydrogen-bond donors (Lipinski definition) is 3. The van der Waals surface area contributed by atoms with E-state index in [0.717, 1.165) is 16.8 Å². The number of nitrogens with two attached hydrogens (primary N) is 2. The number of fused-ring (bicyclic) bond motifs is 1. The van der Waals surface area contributed by atoms with Crippen molar-refractivity contribution in [1.82, 2.24) is 4.98 Å². The Kier molecular flexibility index (Phi) is 2.82. The predicted molar refractivity (Wildman–Crippen MR) is 71.2 cm³/mol. The van der Waals surface area contributed by atoms with E-state index >= 15 is 0 Å². The number of aryl methyl sites for hydroxylation is 2. The van der Waals surface area contributed by atoms with Crippen molar-refractivity contribution in [3.63, 3.8) is 0 Å². The Morgan fingerprint density at radius 2 is 2.06 bits per heavy atom. The number of hydrogen-bond acceptors (Lipinski definition) is 2. The molecule has 0 bridgehead atoms. The highest BCUT2D eigenvalue weighted by molar-refractivity contribution is 5.99. The number of aromatic amines is 1. The second-order valence-corrected chi connectivity index (χ2v) is 3.91. The van der Waals surface area contributed by atoms with Gasteiger partial charge in [-0.25, -0.2) is 0 Å². The van der Waals surface area contributed by atoms with Crippen molar-refractivity contribution in [2.24, 2.45) is 21.7 Å². The van der Waals surface area contributed by atoms with Crippen LogP contribution in [0.25, 0.3) is 10.9 Å². The van der Waals surface area contributed by atoms with Gasteiger partial charge in [-0.1, -0.05) is 18.2 Å². The first-order valence-electron chi connectivity index (χ1n) is 5.29. The summed E-state index contributed by atoms with van der Waals surface area (Å²) >= 11 is 0. The highest BCUT2D eigenvalue weighted by atomic mass is 15.3.